The number of ether oxygens (including phenoxy) is 1. The van der Waals surface area contributed by atoms with Crippen LogP contribution in [0.1, 0.15) is 39.2 Å². The Morgan fingerprint density at radius 2 is 1.83 bits per heavy atom. The molecule has 1 amide bonds. The number of hydrogen-bond donors (Lipinski definition) is 0. The van der Waals surface area contributed by atoms with Crippen LogP contribution >= 0.6 is 11.8 Å². The SMILES string of the molecule is CSc1ccc(/C=C/C2CCN(C(=O)OC(C)(C)C)CC2)cc1. The Hall–Kier alpha value is -1.42. The molecule has 4 heteroatoms. The van der Waals surface area contributed by atoms with Crippen molar-refractivity contribution < 1.29 is 9.53 Å². The van der Waals surface area contributed by atoms with E-state index >= 15 is 0 Å². The summed E-state index contributed by atoms with van der Waals surface area (Å²) in [6, 6.07) is 8.60. The van der Waals surface area contributed by atoms with Crippen molar-refractivity contribution in [3.63, 3.8) is 0 Å². The number of carbonyl (C=O) groups excluding carboxylic acids is 1. The Balaban J connectivity index is 1.82. The van der Waals surface area contributed by atoms with Crippen molar-refractivity contribution in [1.82, 2.24) is 4.90 Å². The van der Waals surface area contributed by atoms with Gasteiger partial charge in [-0.3, -0.25) is 0 Å². The van der Waals surface area contributed by atoms with Crippen LogP contribution in [-0.2, 0) is 4.74 Å². The number of nitrogens with zero attached hydrogens (tertiary/aromatic N) is 1. The van der Waals surface area contributed by atoms with Gasteiger partial charge < -0.3 is 9.64 Å². The van der Waals surface area contributed by atoms with Gasteiger partial charge in [-0.25, -0.2) is 4.79 Å². The molecular weight excluding hydrogens is 306 g/mol. The lowest BCUT2D eigenvalue weighted by atomic mass is 9.96. The van der Waals surface area contributed by atoms with Crippen LogP contribution in [0.15, 0.2) is 35.2 Å². The van der Waals surface area contributed by atoms with Gasteiger partial charge >= 0.3 is 6.09 Å². The molecule has 0 radical (unpaired) electrons. The summed E-state index contributed by atoms with van der Waals surface area (Å²) < 4.78 is 5.43. The third kappa shape index (κ3) is 5.94. The molecular formula is C19H27NO2S. The van der Waals surface area contributed by atoms with E-state index in [-0.39, 0.29) is 6.09 Å². The van der Waals surface area contributed by atoms with Crippen LogP contribution in [0.5, 0.6) is 0 Å². The largest absolute Gasteiger partial charge is 0.444 e. The van der Waals surface area contributed by atoms with Crippen molar-refractivity contribution in [2.24, 2.45) is 5.92 Å². The van der Waals surface area contributed by atoms with Gasteiger partial charge in [-0.2, -0.15) is 0 Å². The van der Waals surface area contributed by atoms with Gasteiger partial charge in [0.1, 0.15) is 5.60 Å². The average molecular weight is 333 g/mol. The summed E-state index contributed by atoms with van der Waals surface area (Å²) >= 11 is 1.76. The van der Waals surface area contributed by atoms with E-state index in [0.717, 1.165) is 25.9 Å². The standard InChI is InChI=1S/C19H27NO2S/c1-19(2,3)22-18(21)20-13-11-16(12-14-20)6-5-15-7-9-17(23-4)10-8-15/h5-10,16H,11-14H2,1-4H3/b6-5+. The quantitative estimate of drug-likeness (QED) is 0.723. The Kier molecular flexibility index (Phi) is 6.17. The van der Waals surface area contributed by atoms with Crippen LogP contribution in [0.2, 0.25) is 0 Å². The highest BCUT2D eigenvalue weighted by Gasteiger charge is 2.25. The fraction of sp³-hybridized carbons (Fsp3) is 0.526. The minimum atomic E-state index is -0.420. The minimum absolute atomic E-state index is 0.187. The molecule has 3 nitrogen and oxygen atoms in total. The summed E-state index contributed by atoms with van der Waals surface area (Å²) in [5.74, 6) is 0.536. The monoisotopic (exact) mass is 333 g/mol. The first kappa shape index (κ1) is 17.9. The van der Waals surface area contributed by atoms with Gasteiger partial charge in [0.2, 0.25) is 0 Å². The van der Waals surface area contributed by atoms with Crippen LogP contribution in [-0.4, -0.2) is 35.9 Å². The zero-order valence-electron chi connectivity index (χ0n) is 14.5. The number of carbonyl (C=O) groups is 1. The molecule has 0 aromatic heterocycles. The number of hydrogen-bond acceptors (Lipinski definition) is 3. The molecule has 0 unspecified atom stereocenters. The van der Waals surface area contributed by atoms with Crippen molar-refractivity contribution in [3.8, 4) is 0 Å². The lowest BCUT2D eigenvalue weighted by molar-refractivity contribution is 0.0197. The molecule has 0 bridgehead atoms. The van der Waals surface area contributed by atoms with Crippen LogP contribution in [0.3, 0.4) is 0 Å². The lowest BCUT2D eigenvalue weighted by Gasteiger charge is -2.32. The minimum Gasteiger partial charge on any atom is -0.444 e. The summed E-state index contributed by atoms with van der Waals surface area (Å²) in [5.41, 5.74) is 0.814. The highest BCUT2D eigenvalue weighted by Crippen LogP contribution is 2.22. The Labute approximate surface area is 144 Å². The molecule has 0 aliphatic carbocycles. The highest BCUT2D eigenvalue weighted by molar-refractivity contribution is 7.98. The van der Waals surface area contributed by atoms with Gasteiger partial charge in [0, 0.05) is 18.0 Å². The van der Waals surface area contributed by atoms with E-state index in [4.69, 9.17) is 4.74 Å². The first-order valence-electron chi connectivity index (χ1n) is 8.17. The molecule has 0 N–H and O–H groups in total. The topological polar surface area (TPSA) is 29.5 Å². The molecule has 23 heavy (non-hydrogen) atoms. The number of benzene rings is 1. The fourth-order valence-corrected chi connectivity index (χ4v) is 2.97. The fourth-order valence-electron chi connectivity index (χ4n) is 2.56. The van der Waals surface area contributed by atoms with Crippen molar-refractivity contribution in [1.29, 1.82) is 0 Å². The van der Waals surface area contributed by atoms with E-state index in [1.165, 1.54) is 10.5 Å². The molecule has 126 valence electrons. The molecule has 1 aromatic rings. The van der Waals surface area contributed by atoms with Crippen molar-refractivity contribution >= 4 is 23.9 Å². The van der Waals surface area contributed by atoms with E-state index < -0.39 is 5.60 Å². The molecule has 1 fully saturated rings. The zero-order chi connectivity index (χ0) is 16.9. The Morgan fingerprint density at radius 1 is 1.22 bits per heavy atom. The number of allylic oxidation sites excluding steroid dienone is 1. The Morgan fingerprint density at radius 3 is 2.35 bits per heavy atom. The summed E-state index contributed by atoms with van der Waals surface area (Å²) in [6.45, 7) is 7.26. The number of piperidine rings is 1. The van der Waals surface area contributed by atoms with Crippen LogP contribution in [0.4, 0.5) is 4.79 Å². The molecule has 0 spiro atoms. The molecule has 0 saturated carbocycles. The normalized spacial score (nSPS) is 16.8. The van der Waals surface area contributed by atoms with E-state index in [1.54, 1.807) is 11.8 Å². The molecule has 1 aromatic carbocycles. The van der Waals surface area contributed by atoms with Gasteiger partial charge in [0.05, 0.1) is 0 Å². The maximum Gasteiger partial charge on any atom is 0.410 e. The van der Waals surface area contributed by atoms with E-state index in [0.29, 0.717) is 5.92 Å². The zero-order valence-corrected chi connectivity index (χ0v) is 15.4. The average Bonchev–Trinajstić information content (AvgIpc) is 2.52. The van der Waals surface area contributed by atoms with Crippen molar-refractivity contribution in [3.05, 3.63) is 35.9 Å². The number of amides is 1. The summed E-state index contributed by atoms with van der Waals surface area (Å²) in [6.07, 6.45) is 8.37. The third-order valence-electron chi connectivity index (χ3n) is 3.87. The predicted octanol–water partition coefficient (Wildman–Crippen LogP) is 5.07. The molecule has 1 aliphatic rings. The van der Waals surface area contributed by atoms with E-state index in [9.17, 15) is 4.79 Å². The lowest BCUT2D eigenvalue weighted by Crippen LogP contribution is -2.41. The van der Waals surface area contributed by atoms with Crippen LogP contribution in [0, 0.1) is 5.92 Å². The van der Waals surface area contributed by atoms with Crippen LogP contribution < -0.4 is 0 Å². The number of likely N-dealkylation sites (tertiary alicyclic amines) is 1. The maximum atomic E-state index is 12.0. The summed E-state index contributed by atoms with van der Waals surface area (Å²) in [4.78, 5) is 15.2. The van der Waals surface area contributed by atoms with Gasteiger partial charge in [0.25, 0.3) is 0 Å². The maximum absolute atomic E-state index is 12.0. The number of rotatable bonds is 3. The van der Waals surface area contributed by atoms with Gasteiger partial charge in [-0.1, -0.05) is 24.3 Å². The second kappa shape index (κ2) is 7.91. The first-order valence-corrected chi connectivity index (χ1v) is 9.40. The highest BCUT2D eigenvalue weighted by atomic mass is 32.2. The second-order valence-corrected chi connectivity index (χ2v) is 7.82. The van der Waals surface area contributed by atoms with Crippen molar-refractivity contribution in [2.45, 2.75) is 44.1 Å². The molecule has 1 aliphatic heterocycles. The summed E-state index contributed by atoms with van der Waals surface area (Å²) in [7, 11) is 0. The molecule has 0 atom stereocenters. The first-order chi connectivity index (χ1) is 10.9. The van der Waals surface area contributed by atoms with Gasteiger partial charge in [0.15, 0.2) is 0 Å². The molecule has 2 rings (SSSR count). The van der Waals surface area contributed by atoms with E-state index in [2.05, 4.69) is 42.7 Å². The summed E-state index contributed by atoms with van der Waals surface area (Å²) in [5, 5.41) is 0. The third-order valence-corrected chi connectivity index (χ3v) is 4.61. The van der Waals surface area contributed by atoms with Crippen molar-refractivity contribution in [2.75, 3.05) is 19.3 Å². The predicted molar refractivity (Wildman–Crippen MR) is 97.8 cm³/mol. The van der Waals surface area contributed by atoms with Gasteiger partial charge in [-0.15, -0.1) is 11.8 Å². The molecule has 1 saturated heterocycles. The van der Waals surface area contributed by atoms with Crippen LogP contribution in [0.25, 0.3) is 6.08 Å². The van der Waals surface area contributed by atoms with Gasteiger partial charge in [-0.05, 0) is 63.5 Å². The second-order valence-electron chi connectivity index (χ2n) is 6.94. The smallest absolute Gasteiger partial charge is 0.410 e. The molecule has 1 heterocycles. The number of thioether (sulfide) groups is 1. The van der Waals surface area contributed by atoms with E-state index in [1.807, 2.05) is 25.7 Å². The Bertz CT molecular complexity index is 537.